The van der Waals surface area contributed by atoms with E-state index in [4.69, 9.17) is 0 Å². The molecule has 0 fully saturated rings. The standard InChI is InChI=1S/C20H19N3O4/c1-22-13-17(16-4-2-3-5-18(16)22)19(24)12-21-20(25)11-8-14-6-9-15(10-7-14)23(26)27/h2-11,13,19,24H,12H2,1H3,(H,21,25)/b11-8+. The lowest BCUT2D eigenvalue weighted by Gasteiger charge is -2.10. The summed E-state index contributed by atoms with van der Waals surface area (Å²) < 4.78 is 1.93. The second-order valence-electron chi connectivity index (χ2n) is 6.16. The van der Waals surface area contributed by atoms with E-state index in [0.717, 1.165) is 16.5 Å². The van der Waals surface area contributed by atoms with Crippen LogP contribution in [0.4, 0.5) is 5.69 Å². The van der Waals surface area contributed by atoms with Crippen molar-refractivity contribution in [3.8, 4) is 0 Å². The minimum Gasteiger partial charge on any atom is -0.386 e. The Bertz CT molecular complexity index is 1010. The van der Waals surface area contributed by atoms with Crippen molar-refractivity contribution >= 4 is 28.6 Å². The Labute approximate surface area is 155 Å². The number of nitro groups is 1. The van der Waals surface area contributed by atoms with Crippen LogP contribution in [0.1, 0.15) is 17.2 Å². The Balaban J connectivity index is 1.60. The van der Waals surface area contributed by atoms with Gasteiger partial charge < -0.3 is 15.0 Å². The first-order chi connectivity index (χ1) is 13.0. The molecule has 138 valence electrons. The molecule has 27 heavy (non-hydrogen) atoms. The van der Waals surface area contributed by atoms with Gasteiger partial charge in [0, 0.05) is 54.5 Å². The lowest BCUT2D eigenvalue weighted by Crippen LogP contribution is -2.26. The molecule has 0 radical (unpaired) electrons. The molecule has 2 N–H and O–H groups in total. The van der Waals surface area contributed by atoms with Gasteiger partial charge in [0.2, 0.25) is 5.91 Å². The summed E-state index contributed by atoms with van der Waals surface area (Å²) in [6.07, 6.45) is 3.92. The quantitative estimate of drug-likeness (QED) is 0.399. The number of nitro benzene ring substituents is 1. The molecule has 1 heterocycles. The number of aryl methyl sites for hydroxylation is 1. The fourth-order valence-electron chi connectivity index (χ4n) is 2.88. The fourth-order valence-corrected chi connectivity index (χ4v) is 2.88. The molecule has 7 nitrogen and oxygen atoms in total. The van der Waals surface area contributed by atoms with Crippen LogP contribution in [0.5, 0.6) is 0 Å². The van der Waals surface area contributed by atoms with E-state index in [-0.39, 0.29) is 18.1 Å². The number of benzene rings is 2. The van der Waals surface area contributed by atoms with Gasteiger partial charge >= 0.3 is 0 Å². The van der Waals surface area contributed by atoms with Crippen LogP contribution in [0, 0.1) is 10.1 Å². The Morgan fingerprint density at radius 2 is 1.96 bits per heavy atom. The number of hydrogen-bond acceptors (Lipinski definition) is 4. The zero-order valence-corrected chi connectivity index (χ0v) is 14.7. The van der Waals surface area contributed by atoms with Crippen molar-refractivity contribution in [2.24, 2.45) is 7.05 Å². The van der Waals surface area contributed by atoms with Gasteiger partial charge in [0.15, 0.2) is 0 Å². The van der Waals surface area contributed by atoms with Crippen molar-refractivity contribution in [3.63, 3.8) is 0 Å². The zero-order chi connectivity index (χ0) is 19.4. The number of rotatable bonds is 6. The number of hydrogen-bond donors (Lipinski definition) is 2. The molecule has 1 aromatic heterocycles. The Morgan fingerprint density at radius 1 is 1.26 bits per heavy atom. The minimum atomic E-state index is -0.826. The van der Waals surface area contributed by atoms with E-state index in [9.17, 15) is 20.0 Å². The van der Waals surface area contributed by atoms with Crippen LogP contribution in [0.25, 0.3) is 17.0 Å². The maximum absolute atomic E-state index is 12.0. The third kappa shape index (κ3) is 4.21. The van der Waals surface area contributed by atoms with E-state index < -0.39 is 11.0 Å². The van der Waals surface area contributed by atoms with Crippen LogP contribution in [0.2, 0.25) is 0 Å². The average molecular weight is 365 g/mol. The van der Waals surface area contributed by atoms with Crippen molar-refractivity contribution in [1.29, 1.82) is 0 Å². The summed E-state index contributed by atoms with van der Waals surface area (Å²) >= 11 is 0. The molecule has 2 aromatic carbocycles. The van der Waals surface area contributed by atoms with Gasteiger partial charge in [-0.25, -0.2) is 0 Å². The molecule has 1 unspecified atom stereocenters. The number of non-ortho nitro benzene ring substituents is 1. The number of nitrogens with one attached hydrogen (secondary N) is 1. The summed E-state index contributed by atoms with van der Waals surface area (Å²) in [6.45, 7) is 0.0808. The van der Waals surface area contributed by atoms with Crippen LogP contribution in [-0.4, -0.2) is 27.0 Å². The number of carbonyl (C=O) groups is 1. The van der Waals surface area contributed by atoms with Crippen LogP contribution < -0.4 is 5.32 Å². The van der Waals surface area contributed by atoms with Gasteiger partial charge in [0.1, 0.15) is 0 Å². The Hall–Kier alpha value is -3.45. The molecular weight excluding hydrogens is 346 g/mol. The second-order valence-corrected chi connectivity index (χ2v) is 6.16. The average Bonchev–Trinajstić information content (AvgIpc) is 3.02. The molecule has 0 bridgehead atoms. The van der Waals surface area contributed by atoms with E-state index in [1.807, 2.05) is 42.1 Å². The molecule has 1 atom stereocenters. The smallest absolute Gasteiger partial charge is 0.269 e. The number of aliphatic hydroxyl groups is 1. The summed E-state index contributed by atoms with van der Waals surface area (Å²) in [7, 11) is 1.91. The van der Waals surface area contributed by atoms with Crippen LogP contribution >= 0.6 is 0 Å². The maximum Gasteiger partial charge on any atom is 0.269 e. The third-order valence-electron chi connectivity index (χ3n) is 4.29. The molecule has 7 heteroatoms. The molecule has 0 aliphatic heterocycles. The number of aliphatic hydroxyl groups excluding tert-OH is 1. The first-order valence-corrected chi connectivity index (χ1v) is 8.38. The molecule has 0 saturated heterocycles. The molecule has 1 amide bonds. The number of para-hydroxylation sites is 1. The van der Waals surface area contributed by atoms with E-state index in [0.29, 0.717) is 5.56 Å². The lowest BCUT2D eigenvalue weighted by atomic mass is 10.1. The van der Waals surface area contributed by atoms with Gasteiger partial charge in [0.05, 0.1) is 11.0 Å². The van der Waals surface area contributed by atoms with E-state index >= 15 is 0 Å². The van der Waals surface area contributed by atoms with E-state index in [1.165, 1.54) is 18.2 Å². The highest BCUT2D eigenvalue weighted by Gasteiger charge is 2.14. The first-order valence-electron chi connectivity index (χ1n) is 8.38. The summed E-state index contributed by atoms with van der Waals surface area (Å²) in [4.78, 5) is 22.1. The van der Waals surface area contributed by atoms with Crippen molar-refractivity contribution in [2.75, 3.05) is 6.54 Å². The van der Waals surface area contributed by atoms with E-state index in [2.05, 4.69) is 5.32 Å². The summed E-state index contributed by atoms with van der Waals surface area (Å²) in [5.41, 5.74) is 2.43. The van der Waals surface area contributed by atoms with Crippen molar-refractivity contribution < 1.29 is 14.8 Å². The molecule has 3 rings (SSSR count). The first kappa shape index (κ1) is 18.3. The van der Waals surface area contributed by atoms with Gasteiger partial charge in [-0.15, -0.1) is 0 Å². The number of carbonyl (C=O) groups excluding carboxylic acids is 1. The lowest BCUT2D eigenvalue weighted by molar-refractivity contribution is -0.384. The molecule has 0 aliphatic carbocycles. The SMILES string of the molecule is Cn1cc(C(O)CNC(=O)/C=C/c2ccc([N+](=O)[O-])cc2)c2ccccc21. The number of nitrogens with zero attached hydrogens (tertiary/aromatic N) is 2. The van der Waals surface area contributed by atoms with Crippen LogP contribution in [0.3, 0.4) is 0 Å². The predicted molar refractivity (Wildman–Crippen MR) is 103 cm³/mol. The normalized spacial score (nSPS) is 12.4. The highest BCUT2D eigenvalue weighted by atomic mass is 16.6. The van der Waals surface area contributed by atoms with Gasteiger partial charge in [-0.1, -0.05) is 18.2 Å². The minimum absolute atomic E-state index is 0.00480. The van der Waals surface area contributed by atoms with Crippen LogP contribution in [-0.2, 0) is 11.8 Å². The Kier molecular flexibility index (Phi) is 5.33. The highest BCUT2D eigenvalue weighted by molar-refractivity contribution is 5.91. The van der Waals surface area contributed by atoms with Crippen molar-refractivity contribution in [1.82, 2.24) is 9.88 Å². The topological polar surface area (TPSA) is 97.4 Å². The van der Waals surface area contributed by atoms with Crippen molar-refractivity contribution in [2.45, 2.75) is 6.10 Å². The summed E-state index contributed by atoms with van der Waals surface area (Å²) in [6, 6.07) is 13.6. The maximum atomic E-state index is 12.0. The molecule has 0 saturated carbocycles. The van der Waals surface area contributed by atoms with E-state index in [1.54, 1.807) is 18.2 Å². The second kappa shape index (κ2) is 7.84. The Morgan fingerprint density at radius 3 is 2.67 bits per heavy atom. The predicted octanol–water partition coefficient (Wildman–Crippen LogP) is 2.95. The molecular formula is C20H19N3O4. The largest absolute Gasteiger partial charge is 0.386 e. The number of aromatic nitrogens is 1. The van der Waals surface area contributed by atoms with Crippen molar-refractivity contribution in [3.05, 3.63) is 82.0 Å². The van der Waals surface area contributed by atoms with Crippen LogP contribution in [0.15, 0.2) is 60.8 Å². The molecule has 0 aliphatic rings. The molecule has 3 aromatic rings. The zero-order valence-electron chi connectivity index (χ0n) is 14.7. The monoisotopic (exact) mass is 365 g/mol. The molecule has 0 spiro atoms. The van der Waals surface area contributed by atoms with Gasteiger partial charge in [0.25, 0.3) is 5.69 Å². The fraction of sp³-hybridized carbons (Fsp3) is 0.150. The highest BCUT2D eigenvalue weighted by Crippen LogP contribution is 2.25. The number of amides is 1. The van der Waals surface area contributed by atoms with Gasteiger partial charge in [-0.05, 0) is 29.8 Å². The summed E-state index contributed by atoms with van der Waals surface area (Å²) in [5.74, 6) is -0.354. The number of fused-ring (bicyclic) bond motifs is 1. The van der Waals surface area contributed by atoms with Gasteiger partial charge in [-0.3, -0.25) is 14.9 Å². The summed E-state index contributed by atoms with van der Waals surface area (Å²) in [5, 5.41) is 24.7. The third-order valence-corrected chi connectivity index (χ3v) is 4.29. The van der Waals surface area contributed by atoms with Gasteiger partial charge in [-0.2, -0.15) is 0 Å².